The highest BCUT2D eigenvalue weighted by molar-refractivity contribution is 7.80. The maximum absolute atomic E-state index is 8.72. The van der Waals surface area contributed by atoms with Crippen molar-refractivity contribution < 1.29 is 0 Å². The lowest BCUT2D eigenvalue weighted by molar-refractivity contribution is 0.351. The lowest BCUT2D eigenvalue weighted by Crippen LogP contribution is -2.21. The summed E-state index contributed by atoms with van der Waals surface area (Å²) in [5, 5.41) is 8.72. The van der Waals surface area contributed by atoms with E-state index in [4.69, 9.17) is 5.26 Å². The van der Waals surface area contributed by atoms with Crippen LogP contribution >= 0.6 is 12.6 Å². The first-order valence-corrected chi connectivity index (χ1v) is 4.74. The smallest absolute Gasteiger partial charge is 0.212 e. The summed E-state index contributed by atoms with van der Waals surface area (Å²) in [5.74, 6) is 1.26. The van der Waals surface area contributed by atoms with Crippen LogP contribution in [0.4, 0.5) is 0 Å². The predicted molar refractivity (Wildman–Crippen MR) is 54.6 cm³/mol. The first-order chi connectivity index (χ1) is 6.09. The highest BCUT2D eigenvalue weighted by atomic mass is 32.1. The zero-order valence-corrected chi connectivity index (χ0v) is 8.75. The highest BCUT2D eigenvalue weighted by Crippen LogP contribution is 2.19. The minimum atomic E-state index is 0.0927. The summed E-state index contributed by atoms with van der Waals surface area (Å²) in [6, 6.07) is 2.05. The predicted octanol–water partition coefficient (Wildman–Crippen LogP) is 1.71. The lowest BCUT2D eigenvalue weighted by Gasteiger charge is -2.22. The van der Waals surface area contributed by atoms with Gasteiger partial charge in [-0.15, -0.1) is 0 Å². The van der Waals surface area contributed by atoms with Crippen LogP contribution in [-0.2, 0) is 6.54 Å². The second kappa shape index (κ2) is 3.84. The molecule has 0 bridgehead atoms. The summed E-state index contributed by atoms with van der Waals surface area (Å²) in [6.07, 6.45) is 3.47. The topological polar surface area (TPSA) is 41.6 Å². The number of hydrogen-bond acceptors (Lipinski definition) is 3. The van der Waals surface area contributed by atoms with Crippen LogP contribution in [0.25, 0.3) is 0 Å². The third-order valence-electron chi connectivity index (χ3n) is 1.84. The third-order valence-corrected chi connectivity index (χ3v) is 2.70. The van der Waals surface area contributed by atoms with Crippen molar-refractivity contribution in [1.29, 1.82) is 5.26 Å². The molecule has 1 aromatic rings. The fraction of sp³-hybridized carbons (Fsp3) is 0.556. The first-order valence-electron chi connectivity index (χ1n) is 4.11. The van der Waals surface area contributed by atoms with Gasteiger partial charge >= 0.3 is 0 Å². The molecule has 0 atom stereocenters. The molecule has 0 spiro atoms. The van der Waals surface area contributed by atoms with Crippen LogP contribution in [0.2, 0.25) is 0 Å². The molecule has 3 nitrogen and oxygen atoms in total. The van der Waals surface area contributed by atoms with Gasteiger partial charge < -0.3 is 4.57 Å². The molecule has 70 valence electrons. The molecule has 0 amide bonds. The van der Waals surface area contributed by atoms with E-state index in [1.807, 2.05) is 16.8 Å². The van der Waals surface area contributed by atoms with E-state index in [1.54, 1.807) is 6.20 Å². The number of nitriles is 1. The summed E-state index contributed by atoms with van der Waals surface area (Å²) in [5.41, 5.74) is 0.0927. The fourth-order valence-electron chi connectivity index (χ4n) is 1.06. The lowest BCUT2D eigenvalue weighted by atomic mass is 9.96. The molecular formula is C9H13N3S. The van der Waals surface area contributed by atoms with Gasteiger partial charge in [0.25, 0.3) is 0 Å². The van der Waals surface area contributed by atoms with E-state index >= 15 is 0 Å². The summed E-state index contributed by atoms with van der Waals surface area (Å²) < 4.78 is 1.86. The minimum Gasteiger partial charge on any atom is -0.322 e. The average Bonchev–Trinajstić information content (AvgIpc) is 2.51. The Morgan fingerprint density at radius 3 is 2.92 bits per heavy atom. The Hall–Kier alpha value is -0.950. The normalized spacial score (nSPS) is 11.2. The van der Waals surface area contributed by atoms with Crippen molar-refractivity contribution in [3.05, 3.63) is 18.2 Å². The number of aromatic nitrogens is 2. The zero-order valence-electron chi connectivity index (χ0n) is 7.86. The number of nitrogens with zero attached hydrogens (tertiary/aromatic N) is 3. The van der Waals surface area contributed by atoms with Crippen molar-refractivity contribution in [1.82, 2.24) is 9.55 Å². The minimum absolute atomic E-state index is 0.0927. The van der Waals surface area contributed by atoms with Crippen molar-refractivity contribution in [3.63, 3.8) is 0 Å². The van der Waals surface area contributed by atoms with E-state index in [1.165, 1.54) is 0 Å². The van der Waals surface area contributed by atoms with E-state index in [0.29, 0.717) is 5.82 Å². The Kier molecular flexibility index (Phi) is 2.99. The van der Waals surface area contributed by atoms with Crippen molar-refractivity contribution in [3.8, 4) is 6.07 Å². The second-order valence-corrected chi connectivity index (χ2v) is 4.13. The molecule has 0 radical (unpaired) electrons. The van der Waals surface area contributed by atoms with Gasteiger partial charge in [-0.05, 0) is 11.2 Å². The van der Waals surface area contributed by atoms with Gasteiger partial charge in [0, 0.05) is 18.9 Å². The van der Waals surface area contributed by atoms with Crippen molar-refractivity contribution in [2.75, 3.05) is 5.75 Å². The van der Waals surface area contributed by atoms with E-state index in [2.05, 4.69) is 31.5 Å². The van der Waals surface area contributed by atoms with Crippen molar-refractivity contribution >= 4 is 12.6 Å². The fourth-order valence-corrected chi connectivity index (χ4v) is 1.16. The van der Waals surface area contributed by atoms with Crippen molar-refractivity contribution in [2.45, 2.75) is 20.4 Å². The monoisotopic (exact) mass is 195 g/mol. The van der Waals surface area contributed by atoms with E-state index in [9.17, 15) is 0 Å². The molecule has 0 aromatic carbocycles. The Morgan fingerprint density at radius 2 is 2.38 bits per heavy atom. The molecule has 0 fully saturated rings. The molecule has 13 heavy (non-hydrogen) atoms. The van der Waals surface area contributed by atoms with E-state index < -0.39 is 0 Å². The molecule has 0 saturated carbocycles. The third kappa shape index (κ3) is 2.49. The Bertz CT molecular complexity index is 322. The standard InChI is InChI=1S/C9H13N3S/c1-9(2,7-13)6-12-4-3-11-8(12)5-10/h3-4,13H,6-7H2,1-2H3. The maximum Gasteiger partial charge on any atom is 0.212 e. The molecule has 0 saturated heterocycles. The van der Waals surface area contributed by atoms with E-state index in [-0.39, 0.29) is 5.41 Å². The quantitative estimate of drug-likeness (QED) is 0.746. The number of thiol groups is 1. The van der Waals surface area contributed by atoms with Gasteiger partial charge in [-0.25, -0.2) is 4.98 Å². The summed E-state index contributed by atoms with van der Waals surface area (Å²) >= 11 is 4.26. The number of rotatable bonds is 3. The molecule has 0 aliphatic heterocycles. The molecule has 1 heterocycles. The highest BCUT2D eigenvalue weighted by Gasteiger charge is 2.17. The van der Waals surface area contributed by atoms with E-state index in [0.717, 1.165) is 12.3 Å². The van der Waals surface area contributed by atoms with Gasteiger partial charge in [-0.1, -0.05) is 13.8 Å². The van der Waals surface area contributed by atoms with Crippen LogP contribution in [-0.4, -0.2) is 15.3 Å². The van der Waals surface area contributed by atoms with Gasteiger partial charge in [0.1, 0.15) is 6.07 Å². The van der Waals surface area contributed by atoms with Crippen LogP contribution in [0.3, 0.4) is 0 Å². The van der Waals surface area contributed by atoms with Gasteiger partial charge in [0.2, 0.25) is 5.82 Å². The molecule has 1 rings (SSSR count). The molecule has 0 aliphatic rings. The van der Waals surface area contributed by atoms with Gasteiger partial charge in [0.15, 0.2) is 0 Å². The molecule has 4 heteroatoms. The van der Waals surface area contributed by atoms with Gasteiger partial charge in [-0.2, -0.15) is 17.9 Å². The van der Waals surface area contributed by atoms with Crippen LogP contribution < -0.4 is 0 Å². The Balaban J connectivity index is 2.81. The SMILES string of the molecule is CC(C)(CS)Cn1ccnc1C#N. The molecule has 0 unspecified atom stereocenters. The molecular weight excluding hydrogens is 182 g/mol. The number of hydrogen-bond donors (Lipinski definition) is 1. The first kappa shape index (κ1) is 10.1. The zero-order chi connectivity index (χ0) is 9.90. The van der Waals surface area contributed by atoms with Gasteiger partial charge in [0.05, 0.1) is 0 Å². The summed E-state index contributed by atoms with van der Waals surface area (Å²) in [6.45, 7) is 5.00. The van der Waals surface area contributed by atoms with Crippen molar-refractivity contribution in [2.24, 2.45) is 5.41 Å². The largest absolute Gasteiger partial charge is 0.322 e. The Morgan fingerprint density at radius 1 is 1.69 bits per heavy atom. The summed E-state index contributed by atoms with van der Waals surface area (Å²) in [7, 11) is 0. The second-order valence-electron chi connectivity index (χ2n) is 3.81. The molecule has 0 aliphatic carbocycles. The van der Waals surface area contributed by atoms with Crippen LogP contribution in [0.1, 0.15) is 19.7 Å². The molecule has 1 aromatic heterocycles. The Labute approximate surface area is 83.8 Å². The van der Waals surface area contributed by atoms with Crippen LogP contribution in [0, 0.1) is 16.7 Å². The number of imidazole rings is 1. The average molecular weight is 195 g/mol. The van der Waals surface area contributed by atoms with Crippen LogP contribution in [0.15, 0.2) is 12.4 Å². The maximum atomic E-state index is 8.72. The van der Waals surface area contributed by atoms with Crippen LogP contribution in [0.5, 0.6) is 0 Å². The van der Waals surface area contributed by atoms with Gasteiger partial charge in [-0.3, -0.25) is 0 Å². The molecule has 0 N–H and O–H groups in total. The summed E-state index contributed by atoms with van der Waals surface area (Å²) in [4.78, 5) is 3.93.